The Morgan fingerprint density at radius 1 is 0.935 bits per heavy atom. The number of allylic oxidation sites excluding steroid dienone is 3. The van der Waals surface area contributed by atoms with Gasteiger partial charge in [-0.2, -0.15) is 0 Å². The highest BCUT2D eigenvalue weighted by Crippen LogP contribution is 2.75. The van der Waals surface area contributed by atoms with Crippen LogP contribution in [0.4, 0.5) is 0 Å². The molecule has 0 aromatic carbocycles. The number of hydrogen-bond acceptors (Lipinski definition) is 1. The van der Waals surface area contributed by atoms with Crippen LogP contribution in [0.25, 0.3) is 0 Å². The molecule has 176 valence electrons. The zero-order valence-corrected chi connectivity index (χ0v) is 21.9. The smallest absolute Gasteiger partial charge is 0.0960 e. The fourth-order valence-electron chi connectivity index (χ4n) is 9.27. The Hall–Kier alpha value is -0.720. The molecule has 31 heavy (non-hydrogen) atoms. The van der Waals surface area contributed by atoms with E-state index >= 15 is 0 Å². The summed E-state index contributed by atoms with van der Waals surface area (Å²) in [4.78, 5) is 0. The van der Waals surface area contributed by atoms with Gasteiger partial charge in [0.15, 0.2) is 0 Å². The number of aliphatic hydroxyl groups excluding tert-OH is 1. The van der Waals surface area contributed by atoms with E-state index in [2.05, 4.69) is 67.5 Å². The van der Waals surface area contributed by atoms with E-state index in [0.717, 1.165) is 24.2 Å². The van der Waals surface area contributed by atoms with Crippen molar-refractivity contribution in [3.63, 3.8) is 0 Å². The van der Waals surface area contributed by atoms with Gasteiger partial charge in [-0.25, -0.2) is 0 Å². The first-order valence-corrected chi connectivity index (χ1v) is 13.5. The third kappa shape index (κ3) is 3.38. The van der Waals surface area contributed by atoms with Crippen LogP contribution in [-0.2, 0) is 0 Å². The van der Waals surface area contributed by atoms with Crippen molar-refractivity contribution in [3.8, 4) is 0 Å². The van der Waals surface area contributed by atoms with Crippen molar-refractivity contribution < 1.29 is 5.11 Å². The second-order valence-electron chi connectivity index (χ2n) is 13.9. The highest BCUT2D eigenvalue weighted by atomic mass is 16.3. The third-order valence-corrected chi connectivity index (χ3v) is 11.4. The molecule has 1 nitrogen and oxygen atoms in total. The molecule has 0 aliphatic heterocycles. The van der Waals surface area contributed by atoms with Gasteiger partial charge >= 0.3 is 0 Å². The molecule has 1 heteroatoms. The molecule has 0 radical (unpaired) electrons. The second-order valence-corrected chi connectivity index (χ2v) is 13.9. The maximum absolute atomic E-state index is 11.1. The molecule has 4 rings (SSSR count). The van der Waals surface area contributed by atoms with Crippen LogP contribution < -0.4 is 0 Å². The maximum Gasteiger partial charge on any atom is 0.0960 e. The lowest BCUT2D eigenvalue weighted by Crippen LogP contribution is -2.58. The van der Waals surface area contributed by atoms with E-state index in [4.69, 9.17) is 0 Å². The maximum atomic E-state index is 11.1. The summed E-state index contributed by atoms with van der Waals surface area (Å²) < 4.78 is 0. The Labute approximate surface area is 193 Å². The molecule has 4 aliphatic carbocycles. The van der Waals surface area contributed by atoms with E-state index in [9.17, 15) is 5.11 Å². The van der Waals surface area contributed by atoms with Crippen molar-refractivity contribution in [2.24, 2.45) is 51.2 Å². The van der Waals surface area contributed by atoms with Gasteiger partial charge in [0.05, 0.1) is 5.76 Å². The molecule has 0 amide bonds. The van der Waals surface area contributed by atoms with Gasteiger partial charge in [0.25, 0.3) is 0 Å². The zero-order chi connectivity index (χ0) is 22.8. The van der Waals surface area contributed by atoms with Crippen LogP contribution in [0.3, 0.4) is 0 Å². The van der Waals surface area contributed by atoms with Crippen LogP contribution in [0.15, 0.2) is 23.5 Å². The van der Waals surface area contributed by atoms with Gasteiger partial charge in [0.1, 0.15) is 0 Å². The first-order chi connectivity index (χ1) is 14.4. The molecule has 2 saturated carbocycles. The SMILES string of the molecule is CC(C)CCC[C@@H](C)[C@H]1CC[C@@]2(C)[C@@H]3CC=C4[C@@H](C(O)=CCC4(C)C)[C@]3(C)CC[C@]12C. The highest BCUT2D eigenvalue weighted by Gasteiger charge is 2.67. The van der Waals surface area contributed by atoms with Crippen LogP contribution in [0.5, 0.6) is 0 Å². The van der Waals surface area contributed by atoms with Crippen molar-refractivity contribution in [3.05, 3.63) is 23.5 Å². The molecule has 0 bridgehead atoms. The summed E-state index contributed by atoms with van der Waals surface area (Å²) in [5, 5.41) is 11.1. The number of aliphatic hydroxyl groups is 1. The lowest BCUT2D eigenvalue weighted by Gasteiger charge is -2.65. The van der Waals surface area contributed by atoms with Crippen molar-refractivity contribution in [1.82, 2.24) is 0 Å². The monoisotopic (exact) mass is 426 g/mol. The minimum absolute atomic E-state index is 0.190. The molecule has 2 fully saturated rings. The average Bonchev–Trinajstić information content (AvgIpc) is 2.96. The van der Waals surface area contributed by atoms with Gasteiger partial charge in [0.2, 0.25) is 0 Å². The molecule has 0 heterocycles. The Bertz CT molecular complexity index is 756. The largest absolute Gasteiger partial charge is 0.512 e. The fourth-order valence-corrected chi connectivity index (χ4v) is 9.27. The quantitative estimate of drug-likeness (QED) is 0.434. The summed E-state index contributed by atoms with van der Waals surface area (Å²) in [7, 11) is 0. The van der Waals surface area contributed by atoms with E-state index in [1.165, 1.54) is 56.9 Å². The van der Waals surface area contributed by atoms with Crippen LogP contribution >= 0.6 is 0 Å². The Morgan fingerprint density at radius 2 is 1.65 bits per heavy atom. The highest BCUT2D eigenvalue weighted by molar-refractivity contribution is 5.36. The van der Waals surface area contributed by atoms with Gasteiger partial charge in [-0.1, -0.05) is 86.3 Å². The minimum atomic E-state index is 0.190. The van der Waals surface area contributed by atoms with Crippen LogP contribution in [0, 0.1) is 51.2 Å². The standard InChI is InChI=1S/C30H50O/c1-20(2)10-9-11-21(3)22-14-17-30(8)25-13-12-23-26(24(31)15-16-27(23,4)5)28(25,6)18-19-29(22,30)7/h12,15,20-22,25-26,31H,9-11,13-14,16-19H2,1-8H3/t21-,22-,25-,26+,28-,29-,30+/m1/s1. The predicted octanol–water partition coefficient (Wildman–Crippen LogP) is 9.11. The van der Waals surface area contributed by atoms with Crippen molar-refractivity contribution in [2.75, 3.05) is 0 Å². The van der Waals surface area contributed by atoms with Crippen molar-refractivity contribution in [2.45, 2.75) is 113 Å². The van der Waals surface area contributed by atoms with Gasteiger partial charge in [0, 0.05) is 5.92 Å². The van der Waals surface area contributed by atoms with Gasteiger partial charge < -0.3 is 5.11 Å². The van der Waals surface area contributed by atoms with E-state index in [-0.39, 0.29) is 16.7 Å². The topological polar surface area (TPSA) is 20.2 Å². The van der Waals surface area contributed by atoms with Crippen molar-refractivity contribution in [1.29, 1.82) is 0 Å². The fraction of sp³-hybridized carbons (Fsp3) is 0.867. The first kappa shape index (κ1) is 23.4. The molecule has 0 spiro atoms. The Morgan fingerprint density at radius 3 is 2.32 bits per heavy atom. The summed E-state index contributed by atoms with van der Waals surface area (Å²) in [6.07, 6.45) is 16.5. The summed E-state index contributed by atoms with van der Waals surface area (Å²) in [5.41, 5.74) is 2.77. The minimum Gasteiger partial charge on any atom is -0.512 e. The molecule has 4 aliphatic rings. The molecule has 0 unspecified atom stereocenters. The van der Waals surface area contributed by atoms with E-state index < -0.39 is 0 Å². The number of fused-ring (bicyclic) bond motifs is 5. The second kappa shape index (κ2) is 7.66. The van der Waals surface area contributed by atoms with Crippen LogP contribution in [0.1, 0.15) is 113 Å². The Balaban J connectivity index is 1.63. The molecular formula is C30H50O. The summed E-state index contributed by atoms with van der Waals surface area (Å²) in [5.74, 6) is 4.15. The lowest BCUT2D eigenvalue weighted by molar-refractivity contribution is -0.136. The molecular weight excluding hydrogens is 376 g/mol. The van der Waals surface area contributed by atoms with Crippen molar-refractivity contribution >= 4 is 0 Å². The molecule has 0 aromatic heterocycles. The zero-order valence-electron chi connectivity index (χ0n) is 21.9. The molecule has 0 saturated heterocycles. The van der Waals surface area contributed by atoms with E-state index in [1.807, 2.05) is 0 Å². The normalized spacial score (nSPS) is 44.7. The summed E-state index contributed by atoms with van der Waals surface area (Å²) in [6, 6.07) is 0. The van der Waals surface area contributed by atoms with Crippen LogP contribution in [0.2, 0.25) is 0 Å². The predicted molar refractivity (Wildman–Crippen MR) is 133 cm³/mol. The summed E-state index contributed by atoms with van der Waals surface area (Å²) in [6.45, 7) is 19.9. The third-order valence-electron chi connectivity index (χ3n) is 11.4. The Kier molecular flexibility index (Phi) is 5.79. The van der Waals surface area contributed by atoms with E-state index in [0.29, 0.717) is 22.5 Å². The molecule has 7 atom stereocenters. The number of rotatable bonds is 5. The lowest BCUT2D eigenvalue weighted by atomic mass is 9.39. The number of hydrogen-bond donors (Lipinski definition) is 1. The van der Waals surface area contributed by atoms with Crippen LogP contribution in [-0.4, -0.2) is 5.11 Å². The van der Waals surface area contributed by atoms with Gasteiger partial charge in [-0.15, -0.1) is 0 Å². The van der Waals surface area contributed by atoms with Gasteiger partial charge in [-0.05, 0) is 89.9 Å². The molecule has 1 N–H and O–H groups in total. The first-order valence-electron chi connectivity index (χ1n) is 13.5. The molecule has 0 aromatic rings. The average molecular weight is 427 g/mol. The van der Waals surface area contributed by atoms with Gasteiger partial charge in [-0.3, -0.25) is 0 Å². The van der Waals surface area contributed by atoms with E-state index in [1.54, 1.807) is 0 Å². The summed E-state index contributed by atoms with van der Waals surface area (Å²) >= 11 is 0.